The third-order valence-electron chi connectivity index (χ3n) is 3.51. The molecule has 0 saturated carbocycles. The van der Waals surface area contributed by atoms with Crippen molar-refractivity contribution in [2.75, 3.05) is 26.7 Å². The summed E-state index contributed by atoms with van der Waals surface area (Å²) in [6, 6.07) is 12.2. The lowest BCUT2D eigenvalue weighted by molar-refractivity contribution is 0.336. The molecule has 0 fully saturated rings. The Bertz CT molecular complexity index is 593. The fourth-order valence-corrected chi connectivity index (χ4v) is 2.37. The highest BCUT2D eigenvalue weighted by molar-refractivity contribution is 5.79. The highest BCUT2D eigenvalue weighted by atomic mass is 16.5. The van der Waals surface area contributed by atoms with Crippen LogP contribution in [0.2, 0.25) is 0 Å². The van der Waals surface area contributed by atoms with Gasteiger partial charge in [-0.1, -0.05) is 18.2 Å². The number of nitrogens with one attached hydrogen (secondary N) is 2. The van der Waals surface area contributed by atoms with E-state index >= 15 is 0 Å². The molecular weight excluding hydrogens is 288 g/mol. The monoisotopic (exact) mass is 314 g/mol. The number of aliphatic imine (C=N–C) groups is 1. The first kappa shape index (κ1) is 16.9. The van der Waals surface area contributed by atoms with E-state index in [9.17, 15) is 0 Å². The van der Waals surface area contributed by atoms with E-state index in [2.05, 4.69) is 38.7 Å². The summed E-state index contributed by atoms with van der Waals surface area (Å²) >= 11 is 0. The Morgan fingerprint density at radius 3 is 2.57 bits per heavy atom. The molecule has 0 aliphatic carbocycles. The van der Waals surface area contributed by atoms with Crippen molar-refractivity contribution in [1.29, 1.82) is 0 Å². The number of hydrogen-bond acceptors (Lipinski definition) is 2. The van der Waals surface area contributed by atoms with Gasteiger partial charge in [-0.05, 0) is 37.1 Å². The van der Waals surface area contributed by atoms with E-state index in [0.717, 1.165) is 37.8 Å². The number of benzene rings is 1. The molecule has 1 aromatic carbocycles. The maximum atomic E-state index is 5.65. The Morgan fingerprint density at radius 2 is 1.83 bits per heavy atom. The lowest BCUT2D eigenvalue weighted by atomic mass is 10.1. The fraction of sp³-hybridized carbons (Fsp3) is 0.389. The quantitative estimate of drug-likeness (QED) is 0.581. The summed E-state index contributed by atoms with van der Waals surface area (Å²) in [5.74, 6) is 1.79. The minimum Gasteiger partial charge on any atom is -0.494 e. The number of guanidine groups is 1. The molecule has 124 valence electrons. The average Bonchev–Trinajstić information content (AvgIpc) is 3.08. The van der Waals surface area contributed by atoms with Crippen LogP contribution in [0.5, 0.6) is 5.75 Å². The summed E-state index contributed by atoms with van der Waals surface area (Å²) in [7, 11) is 1.79. The Hall–Kier alpha value is -2.43. The van der Waals surface area contributed by atoms with Gasteiger partial charge in [-0.2, -0.15) is 0 Å². The zero-order valence-electron chi connectivity index (χ0n) is 14.0. The van der Waals surface area contributed by atoms with Crippen LogP contribution in [0, 0.1) is 0 Å². The SMILES string of the molecule is CCOc1ccccc1CCNC(=NC)NCCn1cccc1. The first-order chi connectivity index (χ1) is 11.3. The van der Waals surface area contributed by atoms with Crippen molar-refractivity contribution in [3.63, 3.8) is 0 Å². The van der Waals surface area contributed by atoms with E-state index < -0.39 is 0 Å². The minimum atomic E-state index is 0.688. The molecule has 1 heterocycles. The molecule has 5 nitrogen and oxygen atoms in total. The van der Waals surface area contributed by atoms with Crippen LogP contribution in [0.1, 0.15) is 12.5 Å². The van der Waals surface area contributed by atoms with Crippen LogP contribution in [-0.2, 0) is 13.0 Å². The molecule has 0 bridgehead atoms. The van der Waals surface area contributed by atoms with Crippen molar-refractivity contribution in [1.82, 2.24) is 15.2 Å². The van der Waals surface area contributed by atoms with Crippen molar-refractivity contribution in [3.8, 4) is 5.75 Å². The van der Waals surface area contributed by atoms with Gasteiger partial charge in [0.1, 0.15) is 5.75 Å². The number of rotatable bonds is 8. The van der Waals surface area contributed by atoms with Gasteiger partial charge in [0.15, 0.2) is 5.96 Å². The van der Waals surface area contributed by atoms with Gasteiger partial charge in [-0.25, -0.2) is 0 Å². The number of aromatic nitrogens is 1. The van der Waals surface area contributed by atoms with Crippen LogP contribution < -0.4 is 15.4 Å². The van der Waals surface area contributed by atoms with Gasteiger partial charge in [0.25, 0.3) is 0 Å². The molecular formula is C18H26N4O. The second-order valence-electron chi connectivity index (χ2n) is 5.14. The summed E-state index contributed by atoms with van der Waals surface area (Å²) < 4.78 is 7.79. The smallest absolute Gasteiger partial charge is 0.191 e. The Morgan fingerprint density at radius 1 is 1.09 bits per heavy atom. The van der Waals surface area contributed by atoms with Gasteiger partial charge < -0.3 is 19.9 Å². The van der Waals surface area contributed by atoms with Crippen molar-refractivity contribution in [2.24, 2.45) is 4.99 Å². The minimum absolute atomic E-state index is 0.688. The molecule has 0 unspecified atom stereocenters. The Balaban J connectivity index is 1.73. The van der Waals surface area contributed by atoms with Crippen LogP contribution in [0.15, 0.2) is 53.8 Å². The molecule has 2 rings (SSSR count). The predicted molar refractivity (Wildman–Crippen MR) is 95.1 cm³/mol. The molecule has 0 amide bonds. The Labute approximate surface area is 138 Å². The van der Waals surface area contributed by atoms with E-state index in [1.165, 1.54) is 5.56 Å². The second kappa shape index (κ2) is 9.56. The van der Waals surface area contributed by atoms with Gasteiger partial charge in [0.2, 0.25) is 0 Å². The molecule has 0 aliphatic rings. The molecule has 5 heteroatoms. The van der Waals surface area contributed by atoms with Gasteiger partial charge in [-0.15, -0.1) is 0 Å². The molecule has 0 saturated heterocycles. The largest absolute Gasteiger partial charge is 0.494 e. The number of ether oxygens (including phenoxy) is 1. The number of nitrogens with zero attached hydrogens (tertiary/aromatic N) is 2. The van der Waals surface area contributed by atoms with Crippen LogP contribution >= 0.6 is 0 Å². The summed E-state index contributed by atoms with van der Waals surface area (Å²) in [6.45, 7) is 5.26. The molecule has 2 aromatic rings. The molecule has 0 atom stereocenters. The van der Waals surface area contributed by atoms with Crippen molar-refractivity contribution < 1.29 is 4.74 Å². The van der Waals surface area contributed by atoms with Crippen molar-refractivity contribution >= 4 is 5.96 Å². The van der Waals surface area contributed by atoms with Gasteiger partial charge in [-0.3, -0.25) is 4.99 Å². The van der Waals surface area contributed by atoms with Crippen molar-refractivity contribution in [2.45, 2.75) is 19.9 Å². The maximum absolute atomic E-state index is 5.65. The molecule has 0 aliphatic heterocycles. The van der Waals surface area contributed by atoms with E-state index in [-0.39, 0.29) is 0 Å². The third-order valence-corrected chi connectivity index (χ3v) is 3.51. The van der Waals surface area contributed by atoms with Crippen LogP contribution in [0.25, 0.3) is 0 Å². The van der Waals surface area contributed by atoms with Gasteiger partial charge in [0.05, 0.1) is 6.61 Å². The highest BCUT2D eigenvalue weighted by Crippen LogP contribution is 2.17. The normalized spacial score (nSPS) is 11.3. The van der Waals surface area contributed by atoms with E-state index in [4.69, 9.17) is 4.74 Å². The lowest BCUT2D eigenvalue weighted by Gasteiger charge is -2.13. The lowest BCUT2D eigenvalue weighted by Crippen LogP contribution is -2.39. The molecule has 0 spiro atoms. The fourth-order valence-electron chi connectivity index (χ4n) is 2.37. The summed E-state index contributed by atoms with van der Waals surface area (Å²) in [5, 5.41) is 6.66. The average molecular weight is 314 g/mol. The third kappa shape index (κ3) is 5.70. The highest BCUT2D eigenvalue weighted by Gasteiger charge is 2.03. The van der Waals surface area contributed by atoms with Crippen LogP contribution in [0.4, 0.5) is 0 Å². The first-order valence-electron chi connectivity index (χ1n) is 8.09. The summed E-state index contributed by atoms with van der Waals surface area (Å²) in [5.41, 5.74) is 1.21. The number of hydrogen-bond donors (Lipinski definition) is 2. The summed E-state index contributed by atoms with van der Waals surface area (Å²) in [4.78, 5) is 4.25. The topological polar surface area (TPSA) is 50.6 Å². The zero-order chi connectivity index (χ0) is 16.3. The molecule has 0 radical (unpaired) electrons. The second-order valence-corrected chi connectivity index (χ2v) is 5.14. The van der Waals surface area contributed by atoms with Crippen molar-refractivity contribution in [3.05, 3.63) is 54.4 Å². The van der Waals surface area contributed by atoms with E-state index in [1.54, 1.807) is 7.05 Å². The maximum Gasteiger partial charge on any atom is 0.191 e. The van der Waals surface area contributed by atoms with E-state index in [1.807, 2.05) is 37.3 Å². The zero-order valence-corrected chi connectivity index (χ0v) is 14.0. The predicted octanol–water partition coefficient (Wildman–Crippen LogP) is 2.29. The molecule has 2 N–H and O–H groups in total. The van der Waals surface area contributed by atoms with Crippen LogP contribution in [0.3, 0.4) is 0 Å². The first-order valence-corrected chi connectivity index (χ1v) is 8.09. The summed E-state index contributed by atoms with van der Waals surface area (Å²) in [6.07, 6.45) is 5.01. The van der Waals surface area contributed by atoms with Gasteiger partial charge >= 0.3 is 0 Å². The number of para-hydroxylation sites is 1. The molecule has 1 aromatic heterocycles. The van der Waals surface area contributed by atoms with Crippen LogP contribution in [-0.4, -0.2) is 37.3 Å². The van der Waals surface area contributed by atoms with Gasteiger partial charge in [0, 0.05) is 39.1 Å². The standard InChI is InChI=1S/C18H26N4O/c1-3-23-17-9-5-4-8-16(17)10-11-20-18(19-2)21-12-15-22-13-6-7-14-22/h4-9,13-14H,3,10-12,15H2,1-2H3,(H2,19,20,21). The van der Waals surface area contributed by atoms with E-state index in [0.29, 0.717) is 6.61 Å². The Kier molecular flexibility index (Phi) is 7.04. The molecule has 23 heavy (non-hydrogen) atoms.